The van der Waals surface area contributed by atoms with Crippen LogP contribution in [0.1, 0.15) is 49.4 Å². The van der Waals surface area contributed by atoms with Crippen molar-refractivity contribution in [2.24, 2.45) is 5.92 Å². The van der Waals surface area contributed by atoms with Gasteiger partial charge in [-0.15, -0.1) is 0 Å². The van der Waals surface area contributed by atoms with Gasteiger partial charge in [-0.25, -0.2) is 0 Å². The zero-order valence-electron chi connectivity index (χ0n) is 15.1. The predicted molar refractivity (Wildman–Crippen MR) is 96.1 cm³/mol. The van der Waals surface area contributed by atoms with Crippen molar-refractivity contribution in [3.8, 4) is 0 Å². The normalized spacial score (nSPS) is 22.4. The van der Waals surface area contributed by atoms with E-state index in [0.717, 1.165) is 24.0 Å². The molecule has 0 radical (unpaired) electrons. The molecular formula is C18H26N6O. The Balaban J connectivity index is 1.47. The molecule has 134 valence electrons. The van der Waals surface area contributed by atoms with Crippen LogP contribution in [0.4, 0.5) is 11.9 Å². The molecule has 0 bridgehead atoms. The Hall–Kier alpha value is -2.15. The molecule has 25 heavy (non-hydrogen) atoms. The summed E-state index contributed by atoms with van der Waals surface area (Å²) in [5, 5.41) is 0. The number of rotatable bonds is 7. The van der Waals surface area contributed by atoms with Crippen molar-refractivity contribution in [2.45, 2.75) is 51.2 Å². The molecule has 0 aromatic carbocycles. The minimum Gasteiger partial charge on any atom is -0.464 e. The van der Waals surface area contributed by atoms with Gasteiger partial charge in [0.05, 0.1) is 13.1 Å². The lowest BCUT2D eigenvalue weighted by molar-refractivity contribution is 0.217. The van der Waals surface area contributed by atoms with Crippen LogP contribution < -0.4 is 10.6 Å². The smallest absolute Gasteiger partial charge is 0.229 e. The number of aromatic nitrogens is 3. The largest absolute Gasteiger partial charge is 0.464 e. The molecule has 7 nitrogen and oxygen atoms in total. The van der Waals surface area contributed by atoms with E-state index in [1.165, 1.54) is 19.3 Å². The van der Waals surface area contributed by atoms with Crippen LogP contribution in [0.15, 0.2) is 16.5 Å². The number of anilines is 2. The minimum atomic E-state index is 0.271. The highest BCUT2D eigenvalue weighted by atomic mass is 16.3. The van der Waals surface area contributed by atoms with Crippen molar-refractivity contribution >= 4 is 11.9 Å². The maximum atomic E-state index is 6.08. The van der Waals surface area contributed by atoms with Gasteiger partial charge in [0.25, 0.3) is 0 Å². The van der Waals surface area contributed by atoms with Gasteiger partial charge in [-0.1, -0.05) is 6.92 Å². The molecule has 2 aliphatic rings. The maximum Gasteiger partial charge on any atom is 0.229 e. The Bertz CT molecular complexity index is 754. The van der Waals surface area contributed by atoms with E-state index in [4.69, 9.17) is 10.2 Å². The van der Waals surface area contributed by atoms with Gasteiger partial charge in [0, 0.05) is 26.1 Å². The third-order valence-electron chi connectivity index (χ3n) is 5.01. The monoisotopic (exact) mass is 342 g/mol. The fourth-order valence-corrected chi connectivity index (χ4v) is 3.23. The highest BCUT2D eigenvalue weighted by Gasteiger charge is 2.37. The maximum absolute atomic E-state index is 6.08. The van der Waals surface area contributed by atoms with Gasteiger partial charge < -0.3 is 15.1 Å². The molecule has 0 saturated heterocycles. The van der Waals surface area contributed by atoms with Crippen molar-refractivity contribution in [1.82, 2.24) is 19.9 Å². The van der Waals surface area contributed by atoms with Crippen molar-refractivity contribution in [3.63, 3.8) is 0 Å². The summed E-state index contributed by atoms with van der Waals surface area (Å²) in [7, 11) is 3.81. The summed E-state index contributed by atoms with van der Waals surface area (Å²) in [4.78, 5) is 17.2. The first kappa shape index (κ1) is 16.3. The van der Waals surface area contributed by atoms with Crippen LogP contribution in [0.3, 0.4) is 0 Å². The van der Waals surface area contributed by atoms with Crippen LogP contribution in [0.5, 0.6) is 0 Å². The first-order chi connectivity index (χ1) is 12.0. The Morgan fingerprint density at radius 2 is 1.92 bits per heavy atom. The van der Waals surface area contributed by atoms with Gasteiger partial charge in [0.15, 0.2) is 0 Å². The van der Waals surface area contributed by atoms with Crippen LogP contribution in [0.25, 0.3) is 0 Å². The van der Waals surface area contributed by atoms with Gasteiger partial charge in [-0.3, -0.25) is 4.90 Å². The highest BCUT2D eigenvalue weighted by molar-refractivity contribution is 5.32. The molecule has 0 aliphatic heterocycles. The standard InChI is InChI=1S/C18H26N6O/c1-11-8-14(11)15-7-6-13(25-15)9-24(12-4-5-12)10-16-20-17(19)22-18(21-16)23(2)3/h6-7,11-12,14H,4-5,8-10H2,1-3H3,(H2,19,20,21,22)/t11-,14-/m0/s1. The molecule has 2 N–H and O–H groups in total. The molecule has 0 unspecified atom stereocenters. The van der Waals surface area contributed by atoms with Crippen LogP contribution in [0, 0.1) is 5.92 Å². The van der Waals surface area contributed by atoms with Gasteiger partial charge >= 0.3 is 0 Å². The quantitative estimate of drug-likeness (QED) is 0.827. The lowest BCUT2D eigenvalue weighted by Crippen LogP contribution is -2.27. The number of hydrogen-bond donors (Lipinski definition) is 1. The zero-order chi connectivity index (χ0) is 17.6. The van der Waals surface area contributed by atoms with E-state index >= 15 is 0 Å². The second-order valence-corrected chi connectivity index (χ2v) is 7.56. The summed E-state index contributed by atoms with van der Waals surface area (Å²) in [6.45, 7) is 3.72. The van der Waals surface area contributed by atoms with Gasteiger partial charge in [-0.2, -0.15) is 15.0 Å². The Labute approximate surface area is 148 Å². The molecule has 2 atom stereocenters. The Morgan fingerprint density at radius 1 is 1.16 bits per heavy atom. The van der Waals surface area contributed by atoms with Crippen molar-refractivity contribution in [1.29, 1.82) is 0 Å². The molecule has 2 aromatic heterocycles. The van der Waals surface area contributed by atoms with Crippen LogP contribution in [-0.4, -0.2) is 40.0 Å². The molecule has 0 amide bonds. The van der Waals surface area contributed by atoms with Crippen LogP contribution in [0.2, 0.25) is 0 Å². The first-order valence-corrected chi connectivity index (χ1v) is 9.00. The van der Waals surface area contributed by atoms with Crippen molar-refractivity contribution in [2.75, 3.05) is 24.7 Å². The molecule has 2 heterocycles. The topological polar surface area (TPSA) is 84.3 Å². The van der Waals surface area contributed by atoms with Crippen LogP contribution >= 0.6 is 0 Å². The number of nitrogens with two attached hydrogens (primary N) is 1. The first-order valence-electron chi connectivity index (χ1n) is 9.00. The third kappa shape index (κ3) is 3.76. The molecule has 2 aromatic rings. The van der Waals surface area contributed by atoms with E-state index < -0.39 is 0 Å². The van der Waals surface area contributed by atoms with Gasteiger partial charge in [0.1, 0.15) is 17.3 Å². The Kier molecular flexibility index (Phi) is 4.11. The highest BCUT2D eigenvalue weighted by Crippen LogP contribution is 2.47. The van der Waals surface area contributed by atoms with E-state index in [1.54, 1.807) is 0 Å². The lowest BCUT2D eigenvalue weighted by Gasteiger charge is -2.20. The molecule has 4 rings (SSSR count). The van der Waals surface area contributed by atoms with Crippen molar-refractivity contribution < 1.29 is 4.42 Å². The summed E-state index contributed by atoms with van der Waals surface area (Å²) in [6, 6.07) is 4.83. The third-order valence-corrected chi connectivity index (χ3v) is 5.01. The fourth-order valence-electron chi connectivity index (χ4n) is 3.23. The van der Waals surface area contributed by atoms with Crippen LogP contribution in [-0.2, 0) is 13.1 Å². The lowest BCUT2D eigenvalue weighted by atomic mass is 10.3. The summed E-state index contributed by atoms with van der Waals surface area (Å²) in [5.41, 5.74) is 5.85. The summed E-state index contributed by atoms with van der Waals surface area (Å²) in [6.07, 6.45) is 3.68. The van der Waals surface area contributed by atoms with E-state index in [0.29, 0.717) is 30.3 Å². The zero-order valence-corrected chi connectivity index (χ0v) is 15.1. The van der Waals surface area contributed by atoms with Gasteiger partial charge in [0.2, 0.25) is 11.9 Å². The summed E-state index contributed by atoms with van der Waals surface area (Å²) >= 11 is 0. The number of furan rings is 1. The molecule has 2 saturated carbocycles. The predicted octanol–water partition coefficient (Wildman–Crippen LogP) is 2.40. The van der Waals surface area contributed by atoms with Crippen molar-refractivity contribution in [3.05, 3.63) is 29.5 Å². The fraction of sp³-hybridized carbons (Fsp3) is 0.611. The molecule has 2 fully saturated rings. The number of nitrogens with zero attached hydrogens (tertiary/aromatic N) is 5. The van der Waals surface area contributed by atoms with E-state index in [2.05, 4.69) is 38.9 Å². The molecule has 7 heteroatoms. The Morgan fingerprint density at radius 3 is 2.56 bits per heavy atom. The number of nitrogen functional groups attached to an aromatic ring is 1. The molecular weight excluding hydrogens is 316 g/mol. The number of hydrogen-bond acceptors (Lipinski definition) is 7. The summed E-state index contributed by atoms with van der Waals surface area (Å²) in [5.74, 6) is 5.12. The SMILES string of the molecule is C[C@H]1C[C@@H]1c1ccc(CN(Cc2nc(N)nc(N(C)C)n2)C2CC2)o1. The summed E-state index contributed by atoms with van der Waals surface area (Å²) < 4.78 is 6.08. The molecule has 0 spiro atoms. The molecule has 2 aliphatic carbocycles. The van der Waals surface area contributed by atoms with Gasteiger partial charge in [-0.05, 0) is 37.3 Å². The van der Waals surface area contributed by atoms with E-state index in [1.807, 2.05) is 19.0 Å². The van der Waals surface area contributed by atoms with E-state index in [9.17, 15) is 0 Å². The van der Waals surface area contributed by atoms with E-state index in [-0.39, 0.29) is 5.95 Å². The average Bonchev–Trinajstić information content (AvgIpc) is 3.47. The second kappa shape index (κ2) is 6.29. The second-order valence-electron chi connectivity index (χ2n) is 7.56. The minimum absolute atomic E-state index is 0.271. The average molecular weight is 342 g/mol.